The molecule has 0 saturated carbocycles. The molecule has 1 atom stereocenters. The number of pyridine rings is 1. The smallest absolute Gasteiger partial charge is 0.308 e. The second kappa shape index (κ2) is 12.0. The molecule has 10 heteroatoms. The fourth-order valence-electron chi connectivity index (χ4n) is 2.80. The van der Waals surface area contributed by atoms with Crippen LogP contribution >= 0.6 is 0 Å². The molecule has 0 bridgehead atoms. The minimum absolute atomic E-state index is 0.0817. The van der Waals surface area contributed by atoms with Crippen LogP contribution in [0.5, 0.6) is 5.88 Å². The number of ether oxygens (including phenoxy) is 1. The van der Waals surface area contributed by atoms with Gasteiger partial charge in [-0.15, -0.1) is 0 Å². The number of nitrogens with zero attached hydrogens (tertiary/aromatic N) is 3. The molecule has 1 aromatic heterocycles. The lowest BCUT2D eigenvalue weighted by atomic mass is 10.0. The first kappa shape index (κ1) is 24.3. The second-order valence-corrected chi connectivity index (χ2v) is 6.84. The van der Waals surface area contributed by atoms with Crippen molar-refractivity contribution in [3.05, 3.63) is 71.2 Å². The summed E-state index contributed by atoms with van der Waals surface area (Å²) >= 11 is 0. The summed E-state index contributed by atoms with van der Waals surface area (Å²) < 4.78 is 5.06. The lowest BCUT2D eigenvalue weighted by Gasteiger charge is -2.15. The van der Waals surface area contributed by atoms with Crippen LogP contribution < -0.4 is 26.9 Å². The third-order valence-electron chi connectivity index (χ3n) is 4.60. The highest BCUT2D eigenvalue weighted by molar-refractivity contribution is 5.96. The molecule has 0 aliphatic heterocycles. The van der Waals surface area contributed by atoms with E-state index in [0.717, 1.165) is 12.0 Å². The van der Waals surface area contributed by atoms with Crippen molar-refractivity contribution in [3.63, 3.8) is 0 Å². The van der Waals surface area contributed by atoms with E-state index in [1.165, 1.54) is 24.5 Å². The molecule has 0 radical (unpaired) electrons. The molecule has 0 saturated heterocycles. The van der Waals surface area contributed by atoms with Gasteiger partial charge < -0.3 is 26.1 Å². The van der Waals surface area contributed by atoms with Crippen molar-refractivity contribution in [3.8, 4) is 11.9 Å². The molecule has 0 aliphatic rings. The van der Waals surface area contributed by atoms with Gasteiger partial charge in [0.2, 0.25) is 11.6 Å². The molecule has 0 fully saturated rings. The lowest BCUT2D eigenvalue weighted by molar-refractivity contribution is -0.300. The van der Waals surface area contributed by atoms with Gasteiger partial charge in [0.05, 0.1) is 25.9 Å². The number of aromatic nitrogens is 1. The molecule has 10 nitrogen and oxygen atoms in total. The minimum Gasteiger partial charge on any atom is -0.480 e. The first-order valence-electron chi connectivity index (χ1n) is 10.0. The number of rotatable bonds is 10. The number of carbonyl (C=O) groups is 2. The highest BCUT2D eigenvalue weighted by Crippen LogP contribution is 2.14. The van der Waals surface area contributed by atoms with Crippen molar-refractivity contribution in [1.29, 1.82) is 5.26 Å². The summed E-state index contributed by atoms with van der Waals surface area (Å²) in [4.78, 5) is 28.6. The van der Waals surface area contributed by atoms with Crippen LogP contribution in [0.3, 0.4) is 0 Å². The predicted octanol–water partition coefficient (Wildman–Crippen LogP) is 0.0225. The van der Waals surface area contributed by atoms with E-state index in [-0.39, 0.29) is 30.6 Å². The molecule has 1 unspecified atom stereocenters. The molecule has 2 aromatic rings. The van der Waals surface area contributed by atoms with Gasteiger partial charge in [0.25, 0.3) is 5.91 Å². The van der Waals surface area contributed by atoms with Gasteiger partial charge in [0.1, 0.15) is 11.6 Å². The standard InChI is InChI=1S/C22H27N7O3/c1-3-15-6-8-16(9-7-15)19(13-23)28-21(31)18(24)14-29(25)12-11-26-20(30)17-5-4-10-27-22(17)32-2/h4-10,14,19H,3,11-12,24-25H2,1-2H3,(H,26,30)(H,28,31)/p+1. The summed E-state index contributed by atoms with van der Waals surface area (Å²) in [6, 6.07) is 12.0. The van der Waals surface area contributed by atoms with Gasteiger partial charge in [-0.2, -0.15) is 5.26 Å². The Morgan fingerprint density at radius 3 is 2.69 bits per heavy atom. The van der Waals surface area contributed by atoms with Crippen molar-refractivity contribution >= 4 is 11.8 Å². The van der Waals surface area contributed by atoms with Crippen LogP contribution in [-0.4, -0.2) is 42.0 Å². The third-order valence-corrected chi connectivity index (χ3v) is 4.60. The van der Waals surface area contributed by atoms with Gasteiger partial charge in [-0.25, -0.2) is 10.8 Å². The Hall–Kier alpha value is -3.94. The number of methoxy groups -OCH3 is 1. The number of nitrogens with two attached hydrogens (primary N) is 1. The van der Waals surface area contributed by atoms with E-state index in [1.807, 2.05) is 31.2 Å². The van der Waals surface area contributed by atoms with Gasteiger partial charge in [-0.05, 0) is 29.7 Å². The zero-order valence-corrected chi connectivity index (χ0v) is 18.2. The van der Waals surface area contributed by atoms with Gasteiger partial charge in [0.15, 0.2) is 0 Å². The number of nitrogens with one attached hydrogen (secondary N) is 2. The van der Waals surface area contributed by atoms with Crippen molar-refractivity contribution in [2.45, 2.75) is 19.4 Å². The average Bonchev–Trinajstić information content (AvgIpc) is 2.82. The summed E-state index contributed by atoms with van der Waals surface area (Å²) in [6.07, 6.45) is 3.76. The van der Waals surface area contributed by atoms with Gasteiger partial charge in [0, 0.05) is 12.7 Å². The van der Waals surface area contributed by atoms with Crippen molar-refractivity contribution in [2.24, 2.45) is 5.84 Å². The van der Waals surface area contributed by atoms with E-state index in [9.17, 15) is 14.9 Å². The van der Waals surface area contributed by atoms with Crippen molar-refractivity contribution in [2.75, 3.05) is 20.2 Å². The van der Waals surface area contributed by atoms with E-state index in [2.05, 4.69) is 27.4 Å². The molecule has 0 spiro atoms. The first-order chi connectivity index (χ1) is 15.4. The summed E-state index contributed by atoms with van der Waals surface area (Å²) in [7, 11) is 1.43. The highest BCUT2D eigenvalue weighted by atomic mass is 16.5. The Bertz CT molecular complexity index is 999. The number of aryl methyl sites for hydroxylation is 1. The zero-order valence-electron chi connectivity index (χ0n) is 18.2. The van der Waals surface area contributed by atoms with E-state index in [0.29, 0.717) is 11.1 Å². The highest BCUT2D eigenvalue weighted by Gasteiger charge is 2.18. The monoisotopic (exact) mass is 438 g/mol. The number of benzene rings is 1. The molecule has 168 valence electrons. The maximum Gasteiger partial charge on any atom is 0.308 e. The number of amides is 2. The number of carbonyl (C=O) groups excluding carboxylic acids is 2. The molecule has 1 heterocycles. The quantitative estimate of drug-likeness (QED) is 0.231. The Morgan fingerprint density at radius 1 is 1.34 bits per heavy atom. The Morgan fingerprint density at radius 2 is 2.06 bits per heavy atom. The molecule has 7 N–H and O–H groups in total. The molecule has 2 rings (SSSR count). The number of hydrogen-bond acceptors (Lipinski definition) is 7. The summed E-state index contributed by atoms with van der Waals surface area (Å²) in [5.41, 5.74) is 5.92. The summed E-state index contributed by atoms with van der Waals surface area (Å²) in [5.74, 6) is 5.23. The average molecular weight is 439 g/mol. The van der Waals surface area contributed by atoms with Crippen LogP contribution in [0.4, 0.5) is 0 Å². The number of nitriles is 1. The fourth-order valence-corrected chi connectivity index (χ4v) is 2.80. The normalized spacial score (nSPS) is 11.8. The second-order valence-electron chi connectivity index (χ2n) is 6.84. The van der Waals surface area contributed by atoms with Gasteiger partial charge in [-0.1, -0.05) is 31.2 Å². The van der Waals surface area contributed by atoms with E-state index in [1.54, 1.807) is 12.1 Å². The maximum absolute atomic E-state index is 12.4. The third kappa shape index (κ3) is 6.80. The summed E-state index contributed by atoms with van der Waals surface area (Å²) in [5, 5.41) is 16.0. The van der Waals surface area contributed by atoms with E-state index >= 15 is 0 Å². The molecular weight excluding hydrogens is 410 g/mol. The Labute approximate surface area is 186 Å². The first-order valence-corrected chi connectivity index (χ1v) is 10.0. The Balaban J connectivity index is 1.88. The van der Waals surface area contributed by atoms with Gasteiger partial charge >= 0.3 is 5.91 Å². The van der Waals surface area contributed by atoms with Crippen molar-refractivity contribution in [1.82, 2.24) is 20.6 Å². The SMILES string of the molecule is CCc1ccc(C(C#N)NC(=O)C([NH3+])=CN(N)CCNC(=O)c2cccnc2OC)cc1. The molecule has 2 amide bonds. The maximum atomic E-state index is 12.4. The number of quaternary nitrogens is 1. The van der Waals surface area contributed by atoms with Gasteiger partial charge in [-0.3, -0.25) is 9.59 Å². The van der Waals surface area contributed by atoms with Crippen LogP contribution in [0.15, 0.2) is 54.5 Å². The molecule has 1 aromatic carbocycles. The molecular formula is C22H28N7O3+. The van der Waals surface area contributed by atoms with Crippen LogP contribution in [0, 0.1) is 11.3 Å². The van der Waals surface area contributed by atoms with Crippen LogP contribution in [-0.2, 0) is 11.2 Å². The van der Waals surface area contributed by atoms with Crippen molar-refractivity contribution < 1.29 is 20.1 Å². The molecule has 32 heavy (non-hydrogen) atoms. The fraction of sp³-hybridized carbons (Fsp3) is 0.273. The molecule has 0 aliphatic carbocycles. The Kier molecular flexibility index (Phi) is 9.16. The largest absolute Gasteiger partial charge is 0.480 e. The predicted molar refractivity (Wildman–Crippen MR) is 117 cm³/mol. The van der Waals surface area contributed by atoms with E-state index in [4.69, 9.17) is 10.6 Å². The van der Waals surface area contributed by atoms with Crippen LogP contribution in [0.25, 0.3) is 0 Å². The lowest BCUT2D eigenvalue weighted by Crippen LogP contribution is -2.56. The number of hydrogen-bond donors (Lipinski definition) is 4. The summed E-state index contributed by atoms with van der Waals surface area (Å²) in [6.45, 7) is 2.47. The topological polar surface area (TPSA) is 161 Å². The minimum atomic E-state index is -0.807. The van der Waals surface area contributed by atoms with Crippen LogP contribution in [0.2, 0.25) is 0 Å². The number of hydrazine groups is 1. The van der Waals surface area contributed by atoms with E-state index < -0.39 is 11.9 Å². The zero-order chi connectivity index (χ0) is 23.5. The van der Waals surface area contributed by atoms with Crippen LogP contribution in [0.1, 0.15) is 34.5 Å².